The van der Waals surface area contributed by atoms with Gasteiger partial charge in [0.25, 0.3) is 0 Å². The lowest BCUT2D eigenvalue weighted by molar-refractivity contribution is 0.164. The van der Waals surface area contributed by atoms with E-state index >= 15 is 0 Å². The van der Waals surface area contributed by atoms with Gasteiger partial charge in [0.1, 0.15) is 5.82 Å². The molecule has 2 aromatic rings. The van der Waals surface area contributed by atoms with Crippen LogP contribution in [0.25, 0.3) is 17.2 Å². The Kier molecular flexibility index (Phi) is 5.93. The largest absolute Gasteiger partial charge is 0.453 e. The first-order chi connectivity index (χ1) is 14.1. The molecule has 4 atom stereocenters. The molecule has 2 saturated carbocycles. The van der Waals surface area contributed by atoms with Gasteiger partial charge in [0.2, 0.25) is 0 Å². The number of methoxy groups -OCH3 is 1. The average Bonchev–Trinajstić information content (AvgIpc) is 3.09. The van der Waals surface area contributed by atoms with Crippen LogP contribution in [0.1, 0.15) is 37.8 Å². The summed E-state index contributed by atoms with van der Waals surface area (Å²) >= 11 is 0. The Labute approximate surface area is 171 Å². The number of rotatable bonds is 4. The van der Waals surface area contributed by atoms with Crippen LogP contribution in [-0.2, 0) is 4.74 Å². The van der Waals surface area contributed by atoms with Crippen LogP contribution in [-0.4, -0.2) is 24.2 Å². The van der Waals surface area contributed by atoms with Crippen molar-refractivity contribution in [1.29, 1.82) is 0 Å². The zero-order valence-electron chi connectivity index (χ0n) is 16.7. The summed E-state index contributed by atoms with van der Waals surface area (Å²) in [4.78, 5) is 16.3. The minimum absolute atomic E-state index is 0.110. The lowest BCUT2D eigenvalue weighted by Crippen LogP contribution is -2.37. The molecule has 1 N–H and O–H groups in total. The number of alkyl carbamates (subject to hydrolysis) is 1. The molecule has 29 heavy (non-hydrogen) atoms. The Morgan fingerprint density at radius 1 is 1.21 bits per heavy atom. The summed E-state index contributed by atoms with van der Waals surface area (Å²) in [7, 11) is 1.41. The number of hydrogen-bond donors (Lipinski definition) is 1. The summed E-state index contributed by atoms with van der Waals surface area (Å²) in [5.41, 5.74) is 2.57. The number of pyridine rings is 1. The molecular weight excluding hydrogens is 367 g/mol. The minimum Gasteiger partial charge on any atom is -0.453 e. The molecule has 5 heteroatoms. The summed E-state index contributed by atoms with van der Waals surface area (Å²) in [5.74, 6) is 1.32. The molecule has 1 amide bonds. The van der Waals surface area contributed by atoms with Crippen molar-refractivity contribution < 1.29 is 13.9 Å². The van der Waals surface area contributed by atoms with Gasteiger partial charge in [0, 0.05) is 23.7 Å². The molecule has 0 bridgehead atoms. The van der Waals surface area contributed by atoms with Crippen molar-refractivity contribution in [3.8, 4) is 11.1 Å². The van der Waals surface area contributed by atoms with Crippen molar-refractivity contribution in [2.45, 2.75) is 38.1 Å². The number of aromatic nitrogens is 1. The second-order valence-electron chi connectivity index (χ2n) is 8.11. The van der Waals surface area contributed by atoms with Gasteiger partial charge in [-0.2, -0.15) is 0 Å². The van der Waals surface area contributed by atoms with Crippen LogP contribution < -0.4 is 5.32 Å². The molecule has 0 radical (unpaired) electrons. The topological polar surface area (TPSA) is 51.2 Å². The first-order valence-electron chi connectivity index (χ1n) is 10.4. The Morgan fingerprint density at radius 3 is 2.83 bits per heavy atom. The summed E-state index contributed by atoms with van der Waals surface area (Å²) in [6.45, 7) is 0. The smallest absolute Gasteiger partial charge is 0.407 e. The fourth-order valence-corrected chi connectivity index (χ4v) is 5.01. The van der Waals surface area contributed by atoms with Crippen LogP contribution in [0, 0.1) is 23.6 Å². The fourth-order valence-electron chi connectivity index (χ4n) is 5.01. The van der Waals surface area contributed by atoms with E-state index in [1.165, 1.54) is 44.9 Å². The molecule has 4 nitrogen and oxygen atoms in total. The van der Waals surface area contributed by atoms with Gasteiger partial charge in [-0.15, -0.1) is 0 Å². The highest BCUT2D eigenvalue weighted by Crippen LogP contribution is 2.46. The number of benzene rings is 1. The first kappa shape index (κ1) is 19.6. The SMILES string of the molecule is COC(=O)NC1C[C@@H]2CCCC[C@@H]2[C@H]1/C=C/c1ccc(-c2cccc(F)c2)cn1. The van der Waals surface area contributed by atoms with E-state index in [2.05, 4.69) is 16.4 Å². The lowest BCUT2D eigenvalue weighted by atomic mass is 9.78. The highest BCUT2D eigenvalue weighted by molar-refractivity contribution is 5.67. The van der Waals surface area contributed by atoms with E-state index in [0.29, 0.717) is 17.8 Å². The Hall–Kier alpha value is -2.69. The molecule has 1 heterocycles. The van der Waals surface area contributed by atoms with E-state index in [4.69, 9.17) is 4.74 Å². The van der Waals surface area contributed by atoms with Crippen molar-refractivity contribution in [3.05, 3.63) is 60.2 Å². The average molecular weight is 394 g/mol. The molecule has 2 fully saturated rings. The van der Waals surface area contributed by atoms with Gasteiger partial charge in [-0.25, -0.2) is 9.18 Å². The number of nitrogens with one attached hydrogen (secondary N) is 1. The predicted octanol–water partition coefficient (Wildman–Crippen LogP) is 5.45. The standard InChI is InChI=1S/C24H27FN2O2/c1-29-24(28)27-23-14-17-5-2-3-8-21(17)22(23)12-11-20-10-9-18(15-26-20)16-6-4-7-19(25)13-16/h4,6-7,9-13,15,17,21-23H,2-3,5,8,14H2,1H3,(H,27,28)/b12-11+/t17-,21-,22+,23?/m0/s1. The Morgan fingerprint density at radius 2 is 2.07 bits per heavy atom. The van der Waals surface area contributed by atoms with Gasteiger partial charge in [-0.05, 0) is 54.5 Å². The monoisotopic (exact) mass is 394 g/mol. The summed E-state index contributed by atoms with van der Waals surface area (Å²) < 4.78 is 18.3. The van der Waals surface area contributed by atoms with Gasteiger partial charge in [-0.3, -0.25) is 4.98 Å². The van der Waals surface area contributed by atoms with E-state index in [0.717, 1.165) is 23.2 Å². The zero-order valence-corrected chi connectivity index (χ0v) is 16.7. The number of carbonyl (C=O) groups excluding carboxylic acids is 1. The van der Waals surface area contributed by atoms with E-state index < -0.39 is 0 Å². The number of nitrogens with zero attached hydrogens (tertiary/aromatic N) is 1. The van der Waals surface area contributed by atoms with Crippen molar-refractivity contribution in [1.82, 2.24) is 10.3 Å². The number of hydrogen-bond acceptors (Lipinski definition) is 3. The lowest BCUT2D eigenvalue weighted by Gasteiger charge is -2.28. The molecule has 152 valence electrons. The molecule has 4 rings (SSSR count). The van der Waals surface area contributed by atoms with Gasteiger partial charge >= 0.3 is 6.09 Å². The van der Waals surface area contributed by atoms with Gasteiger partial charge in [0.15, 0.2) is 0 Å². The molecule has 2 aliphatic carbocycles. The predicted molar refractivity (Wildman–Crippen MR) is 112 cm³/mol. The normalized spacial score (nSPS) is 26.3. The fraction of sp³-hybridized carbons (Fsp3) is 0.417. The Bertz CT molecular complexity index is 881. The van der Waals surface area contributed by atoms with Crippen LogP contribution in [0.4, 0.5) is 9.18 Å². The molecule has 1 unspecified atom stereocenters. The van der Waals surface area contributed by atoms with Crippen LogP contribution in [0.2, 0.25) is 0 Å². The second kappa shape index (κ2) is 8.76. The number of fused-ring (bicyclic) bond motifs is 1. The third-order valence-electron chi connectivity index (χ3n) is 6.41. The summed E-state index contributed by atoms with van der Waals surface area (Å²) in [6, 6.07) is 10.5. The van der Waals surface area contributed by atoms with E-state index in [9.17, 15) is 9.18 Å². The zero-order chi connectivity index (χ0) is 20.2. The molecular formula is C24H27FN2O2. The quantitative estimate of drug-likeness (QED) is 0.750. The number of halogens is 1. The minimum atomic E-state index is -0.357. The van der Waals surface area contributed by atoms with Gasteiger partial charge in [0.05, 0.1) is 12.8 Å². The molecule has 0 aliphatic heterocycles. The van der Waals surface area contributed by atoms with Gasteiger partial charge < -0.3 is 10.1 Å². The van der Waals surface area contributed by atoms with Crippen LogP contribution >= 0.6 is 0 Å². The third kappa shape index (κ3) is 4.50. The highest BCUT2D eigenvalue weighted by atomic mass is 19.1. The van der Waals surface area contributed by atoms with Crippen molar-refractivity contribution in [2.24, 2.45) is 17.8 Å². The maximum Gasteiger partial charge on any atom is 0.407 e. The summed E-state index contributed by atoms with van der Waals surface area (Å²) in [5, 5.41) is 3.04. The third-order valence-corrected chi connectivity index (χ3v) is 6.41. The van der Waals surface area contributed by atoms with Gasteiger partial charge in [-0.1, -0.05) is 43.5 Å². The van der Waals surface area contributed by atoms with Crippen LogP contribution in [0.3, 0.4) is 0 Å². The van der Waals surface area contributed by atoms with Crippen molar-refractivity contribution in [3.63, 3.8) is 0 Å². The summed E-state index contributed by atoms with van der Waals surface area (Å²) in [6.07, 6.45) is 11.7. The van der Waals surface area contributed by atoms with Crippen molar-refractivity contribution >= 4 is 12.2 Å². The maximum absolute atomic E-state index is 13.4. The maximum atomic E-state index is 13.4. The van der Waals surface area contributed by atoms with E-state index in [1.807, 2.05) is 24.3 Å². The molecule has 1 aromatic carbocycles. The van der Waals surface area contributed by atoms with E-state index in [-0.39, 0.29) is 18.0 Å². The molecule has 0 saturated heterocycles. The van der Waals surface area contributed by atoms with Crippen LogP contribution in [0.5, 0.6) is 0 Å². The number of carbonyl (C=O) groups is 1. The highest BCUT2D eigenvalue weighted by Gasteiger charge is 2.43. The number of amides is 1. The number of ether oxygens (including phenoxy) is 1. The second-order valence-corrected chi connectivity index (χ2v) is 8.11. The molecule has 2 aliphatic rings. The van der Waals surface area contributed by atoms with Crippen molar-refractivity contribution in [2.75, 3.05) is 7.11 Å². The van der Waals surface area contributed by atoms with E-state index in [1.54, 1.807) is 12.3 Å². The van der Waals surface area contributed by atoms with Crippen LogP contribution in [0.15, 0.2) is 48.7 Å². The first-order valence-corrected chi connectivity index (χ1v) is 10.4. The molecule has 1 aromatic heterocycles. The molecule has 0 spiro atoms. The Balaban J connectivity index is 1.50.